The minimum Gasteiger partial charge on any atom is -0.391 e. The van der Waals surface area contributed by atoms with Gasteiger partial charge in [0.25, 0.3) is 0 Å². The van der Waals surface area contributed by atoms with E-state index < -0.39 is 0 Å². The number of likely N-dealkylation sites (tertiary alicyclic amines) is 1. The fourth-order valence-corrected chi connectivity index (χ4v) is 3.74. The van der Waals surface area contributed by atoms with Crippen molar-refractivity contribution in [1.82, 2.24) is 15.1 Å². The third-order valence-electron chi connectivity index (χ3n) is 5.38. The van der Waals surface area contributed by atoms with Crippen LogP contribution in [-0.2, 0) is 6.54 Å². The first kappa shape index (κ1) is 23.2. The minimum absolute atomic E-state index is 0. The second kappa shape index (κ2) is 11.2. The lowest BCUT2D eigenvalue weighted by atomic mass is 10.1. The van der Waals surface area contributed by atoms with Crippen LogP contribution >= 0.6 is 24.0 Å². The van der Waals surface area contributed by atoms with Gasteiger partial charge in [0, 0.05) is 45.8 Å². The Bertz CT molecular complexity index is 651. The van der Waals surface area contributed by atoms with E-state index in [0.29, 0.717) is 18.8 Å². The molecule has 0 aromatic heterocycles. The molecule has 3 rings (SSSR count). The van der Waals surface area contributed by atoms with Crippen molar-refractivity contribution in [2.45, 2.75) is 32.9 Å². The predicted octanol–water partition coefficient (Wildman–Crippen LogP) is 2.12. The summed E-state index contributed by atoms with van der Waals surface area (Å²) in [5.41, 5.74) is 1.55. The van der Waals surface area contributed by atoms with Gasteiger partial charge in [0.2, 0.25) is 0 Å². The SMILES string of the molecule is CCNC(=NCc1ccc(N2CCN(CC)CC2)c(F)c1)N1CC[C@@H](O)C1.I. The number of piperazine rings is 1. The Morgan fingerprint density at radius 3 is 2.54 bits per heavy atom. The lowest BCUT2D eigenvalue weighted by Gasteiger charge is -2.35. The number of nitrogens with one attached hydrogen (secondary N) is 1. The number of aliphatic imine (C=N–C) groups is 1. The van der Waals surface area contributed by atoms with Crippen molar-refractivity contribution in [1.29, 1.82) is 0 Å². The molecule has 6 nitrogen and oxygen atoms in total. The number of guanidine groups is 1. The van der Waals surface area contributed by atoms with Gasteiger partial charge in [-0.25, -0.2) is 9.38 Å². The van der Waals surface area contributed by atoms with E-state index in [1.165, 1.54) is 0 Å². The molecule has 0 saturated carbocycles. The number of hydrogen-bond donors (Lipinski definition) is 2. The van der Waals surface area contributed by atoms with Crippen LogP contribution in [0.3, 0.4) is 0 Å². The summed E-state index contributed by atoms with van der Waals surface area (Å²) in [6.45, 7) is 11.5. The third-order valence-corrected chi connectivity index (χ3v) is 5.38. The molecule has 28 heavy (non-hydrogen) atoms. The number of rotatable bonds is 5. The van der Waals surface area contributed by atoms with Gasteiger partial charge in [0.15, 0.2) is 5.96 Å². The summed E-state index contributed by atoms with van der Waals surface area (Å²) in [5, 5.41) is 13.0. The average molecular weight is 505 g/mol. The highest BCUT2D eigenvalue weighted by Gasteiger charge is 2.23. The zero-order chi connectivity index (χ0) is 19.2. The highest BCUT2D eigenvalue weighted by atomic mass is 127. The molecule has 2 fully saturated rings. The van der Waals surface area contributed by atoms with Gasteiger partial charge in [-0.05, 0) is 37.6 Å². The molecule has 2 saturated heterocycles. The van der Waals surface area contributed by atoms with Crippen LogP contribution in [-0.4, -0.2) is 79.3 Å². The van der Waals surface area contributed by atoms with Gasteiger partial charge in [-0.1, -0.05) is 13.0 Å². The molecule has 1 atom stereocenters. The molecule has 0 aliphatic carbocycles. The molecule has 2 aliphatic rings. The normalized spacial score (nSPS) is 21.0. The number of nitrogens with zero attached hydrogens (tertiary/aromatic N) is 4. The number of aliphatic hydroxyl groups excluding tert-OH is 1. The van der Waals surface area contributed by atoms with E-state index in [1.54, 1.807) is 6.07 Å². The number of aliphatic hydroxyl groups is 1. The maximum atomic E-state index is 14.7. The van der Waals surface area contributed by atoms with Crippen molar-refractivity contribution in [3.63, 3.8) is 0 Å². The zero-order valence-corrected chi connectivity index (χ0v) is 19.2. The Morgan fingerprint density at radius 2 is 1.96 bits per heavy atom. The summed E-state index contributed by atoms with van der Waals surface area (Å²) in [7, 11) is 0. The predicted molar refractivity (Wildman–Crippen MR) is 123 cm³/mol. The monoisotopic (exact) mass is 505 g/mol. The first-order chi connectivity index (χ1) is 13.1. The first-order valence-corrected chi connectivity index (χ1v) is 10.1. The van der Waals surface area contributed by atoms with Gasteiger partial charge >= 0.3 is 0 Å². The van der Waals surface area contributed by atoms with E-state index in [1.807, 2.05) is 19.1 Å². The summed E-state index contributed by atoms with van der Waals surface area (Å²) in [4.78, 5) is 11.2. The van der Waals surface area contributed by atoms with Crippen LogP contribution < -0.4 is 10.2 Å². The van der Waals surface area contributed by atoms with Crippen molar-refractivity contribution >= 4 is 35.6 Å². The van der Waals surface area contributed by atoms with Crippen molar-refractivity contribution in [2.24, 2.45) is 4.99 Å². The summed E-state index contributed by atoms with van der Waals surface area (Å²) in [6.07, 6.45) is 0.470. The Labute approximate surface area is 184 Å². The number of halogens is 2. The van der Waals surface area contributed by atoms with Crippen molar-refractivity contribution in [3.05, 3.63) is 29.6 Å². The molecule has 8 heteroatoms. The van der Waals surface area contributed by atoms with Gasteiger partial charge in [0.05, 0.1) is 18.3 Å². The van der Waals surface area contributed by atoms with Crippen LogP contribution in [0.2, 0.25) is 0 Å². The van der Waals surface area contributed by atoms with Gasteiger partial charge in [-0.3, -0.25) is 0 Å². The summed E-state index contributed by atoms with van der Waals surface area (Å²) in [5.74, 6) is 0.614. The molecule has 0 unspecified atom stereocenters. The number of benzene rings is 1. The highest BCUT2D eigenvalue weighted by molar-refractivity contribution is 14.0. The number of hydrogen-bond acceptors (Lipinski definition) is 4. The molecular formula is C20H33FIN5O. The fraction of sp³-hybridized carbons (Fsp3) is 0.650. The number of anilines is 1. The topological polar surface area (TPSA) is 54.3 Å². The molecular weight excluding hydrogens is 472 g/mol. The minimum atomic E-state index is -0.293. The second-order valence-corrected chi connectivity index (χ2v) is 7.27. The third kappa shape index (κ3) is 5.93. The maximum absolute atomic E-state index is 14.7. The van der Waals surface area contributed by atoms with Crippen LogP contribution in [0.15, 0.2) is 23.2 Å². The first-order valence-electron chi connectivity index (χ1n) is 10.1. The fourth-order valence-electron chi connectivity index (χ4n) is 3.74. The van der Waals surface area contributed by atoms with E-state index in [2.05, 4.69) is 31.9 Å². The van der Waals surface area contributed by atoms with Crippen molar-refractivity contribution < 1.29 is 9.50 Å². The van der Waals surface area contributed by atoms with Crippen LogP contribution in [0.4, 0.5) is 10.1 Å². The van der Waals surface area contributed by atoms with Gasteiger partial charge in [0.1, 0.15) is 5.82 Å². The van der Waals surface area contributed by atoms with Crippen LogP contribution in [0.25, 0.3) is 0 Å². The van der Waals surface area contributed by atoms with Crippen molar-refractivity contribution in [3.8, 4) is 0 Å². The number of β-amino-alcohol motifs (C(OH)–C–C–N with tert-alkyl or cyclic N) is 1. The van der Waals surface area contributed by atoms with Crippen LogP contribution in [0.1, 0.15) is 25.8 Å². The quantitative estimate of drug-likeness (QED) is 0.365. The summed E-state index contributed by atoms with van der Waals surface area (Å²) in [6, 6.07) is 5.46. The van der Waals surface area contributed by atoms with E-state index in [-0.39, 0.29) is 35.9 Å². The van der Waals surface area contributed by atoms with E-state index in [4.69, 9.17) is 0 Å². The molecule has 2 aliphatic heterocycles. The van der Waals surface area contributed by atoms with E-state index in [9.17, 15) is 9.50 Å². The zero-order valence-electron chi connectivity index (χ0n) is 16.9. The molecule has 2 heterocycles. The second-order valence-electron chi connectivity index (χ2n) is 7.27. The van der Waals surface area contributed by atoms with Gasteiger partial charge < -0.3 is 25.1 Å². The Kier molecular flexibility index (Phi) is 9.23. The molecule has 1 aromatic rings. The van der Waals surface area contributed by atoms with Gasteiger partial charge in [-0.2, -0.15) is 0 Å². The molecule has 1 aromatic carbocycles. The lowest BCUT2D eigenvalue weighted by Crippen LogP contribution is -2.46. The molecule has 0 amide bonds. The molecule has 158 valence electrons. The van der Waals surface area contributed by atoms with E-state index >= 15 is 0 Å². The summed E-state index contributed by atoms with van der Waals surface area (Å²) >= 11 is 0. The van der Waals surface area contributed by atoms with E-state index in [0.717, 1.165) is 63.8 Å². The Balaban J connectivity index is 0.00000280. The molecule has 0 bridgehead atoms. The Hall–Kier alpha value is -1.13. The van der Waals surface area contributed by atoms with Gasteiger partial charge in [-0.15, -0.1) is 24.0 Å². The molecule has 0 spiro atoms. The Morgan fingerprint density at radius 1 is 1.21 bits per heavy atom. The molecule has 0 radical (unpaired) electrons. The maximum Gasteiger partial charge on any atom is 0.194 e. The van der Waals surface area contributed by atoms with Crippen LogP contribution in [0.5, 0.6) is 0 Å². The molecule has 2 N–H and O–H groups in total. The smallest absolute Gasteiger partial charge is 0.194 e. The highest BCUT2D eigenvalue weighted by Crippen LogP contribution is 2.22. The number of likely N-dealkylation sites (N-methyl/N-ethyl adjacent to an activating group) is 1. The van der Waals surface area contributed by atoms with Crippen LogP contribution in [0, 0.1) is 5.82 Å². The standard InChI is InChI=1S/C20H32FN5O.HI/c1-3-22-20(26-8-7-17(27)15-26)23-14-16-5-6-19(18(21)13-16)25-11-9-24(4-2)10-12-25;/h5-6,13,17,27H,3-4,7-12,14-15H2,1-2H3,(H,22,23);1H/t17-;/m1./s1. The largest absolute Gasteiger partial charge is 0.391 e. The van der Waals surface area contributed by atoms with Crippen molar-refractivity contribution in [2.75, 3.05) is 57.3 Å². The summed E-state index contributed by atoms with van der Waals surface area (Å²) < 4.78 is 14.7. The lowest BCUT2D eigenvalue weighted by molar-refractivity contribution is 0.188. The average Bonchev–Trinajstić information content (AvgIpc) is 3.11.